The molecule has 1 aliphatic carbocycles. The van der Waals surface area contributed by atoms with Gasteiger partial charge in [0.1, 0.15) is 0 Å². The van der Waals surface area contributed by atoms with Crippen LogP contribution in [0.15, 0.2) is 53.5 Å². The average molecular weight is 404 g/mol. The molecule has 5 rings (SSSR count). The normalized spacial score (nSPS) is 17.3. The molecule has 1 aromatic carbocycles. The lowest BCUT2D eigenvalue weighted by Gasteiger charge is -2.31. The fourth-order valence-electron chi connectivity index (χ4n) is 3.96. The predicted molar refractivity (Wildman–Crippen MR) is 110 cm³/mol. The van der Waals surface area contributed by atoms with Crippen LogP contribution in [0.4, 0.5) is 0 Å². The van der Waals surface area contributed by atoms with Gasteiger partial charge in [-0.1, -0.05) is 18.2 Å². The number of carbonyl (C=O) groups is 1. The first kappa shape index (κ1) is 18.7. The number of piperidine rings is 1. The number of aromatic nitrogens is 5. The van der Waals surface area contributed by atoms with Gasteiger partial charge in [-0.05, 0) is 49.8 Å². The first-order valence-corrected chi connectivity index (χ1v) is 10.5. The second-order valence-electron chi connectivity index (χ2n) is 8.14. The summed E-state index contributed by atoms with van der Waals surface area (Å²) in [6.45, 7) is 1.92. The standard InChI is InChI=1S/C22H24N6O2/c29-21-9-8-19(17-6-7-17)24-27(21)15-16-10-12-26(13-11-16)22(30)20-14-23-28(25-20)18-4-2-1-3-5-18/h1-5,8-9,14,16-17H,6-7,10-13,15H2. The first-order chi connectivity index (χ1) is 14.7. The Morgan fingerprint density at radius 2 is 1.73 bits per heavy atom. The van der Waals surface area contributed by atoms with E-state index in [2.05, 4.69) is 15.3 Å². The first-order valence-electron chi connectivity index (χ1n) is 10.5. The summed E-state index contributed by atoms with van der Waals surface area (Å²) in [5.41, 5.74) is 2.16. The van der Waals surface area contributed by atoms with Crippen LogP contribution in [0.3, 0.4) is 0 Å². The molecule has 0 N–H and O–H groups in total. The molecule has 0 radical (unpaired) electrons. The van der Waals surface area contributed by atoms with Crippen LogP contribution in [-0.4, -0.2) is 48.7 Å². The van der Waals surface area contributed by atoms with E-state index in [9.17, 15) is 9.59 Å². The van der Waals surface area contributed by atoms with Crippen molar-refractivity contribution in [1.29, 1.82) is 0 Å². The molecular weight excluding hydrogens is 380 g/mol. The zero-order chi connectivity index (χ0) is 20.5. The second-order valence-corrected chi connectivity index (χ2v) is 8.14. The van der Waals surface area contributed by atoms with Gasteiger partial charge in [0.2, 0.25) is 0 Å². The lowest BCUT2D eigenvalue weighted by atomic mass is 9.96. The molecular formula is C22H24N6O2. The monoisotopic (exact) mass is 404 g/mol. The quantitative estimate of drug-likeness (QED) is 0.651. The number of hydrogen-bond acceptors (Lipinski definition) is 5. The topological polar surface area (TPSA) is 85.9 Å². The number of para-hydroxylation sites is 1. The van der Waals surface area contributed by atoms with Gasteiger partial charge in [-0.2, -0.15) is 15.0 Å². The van der Waals surface area contributed by atoms with Crippen LogP contribution in [0.2, 0.25) is 0 Å². The molecule has 1 saturated heterocycles. The highest BCUT2D eigenvalue weighted by Gasteiger charge is 2.28. The Hall–Kier alpha value is -3.29. The van der Waals surface area contributed by atoms with Crippen molar-refractivity contribution < 1.29 is 4.79 Å². The molecule has 0 unspecified atom stereocenters. The SMILES string of the molecule is O=C(c1cnn(-c2ccccc2)n1)N1CCC(Cn2nc(C3CC3)ccc2=O)CC1. The van der Waals surface area contributed by atoms with Crippen molar-refractivity contribution in [3.8, 4) is 5.69 Å². The Kier molecular flexibility index (Phi) is 4.90. The number of nitrogens with zero attached hydrogens (tertiary/aromatic N) is 6. The molecule has 0 spiro atoms. The van der Waals surface area contributed by atoms with E-state index in [1.165, 1.54) is 23.8 Å². The third-order valence-electron chi connectivity index (χ3n) is 5.91. The van der Waals surface area contributed by atoms with Crippen LogP contribution < -0.4 is 5.56 Å². The Balaban J connectivity index is 1.20. The number of hydrogen-bond donors (Lipinski definition) is 0. The van der Waals surface area contributed by atoms with Crippen LogP contribution in [0.5, 0.6) is 0 Å². The van der Waals surface area contributed by atoms with Gasteiger partial charge in [0.25, 0.3) is 11.5 Å². The van der Waals surface area contributed by atoms with Gasteiger partial charge in [-0.3, -0.25) is 9.59 Å². The van der Waals surface area contributed by atoms with E-state index in [4.69, 9.17) is 0 Å². The predicted octanol–water partition coefficient (Wildman–Crippen LogP) is 2.25. The molecule has 0 atom stereocenters. The van der Waals surface area contributed by atoms with Crippen LogP contribution in [0, 0.1) is 5.92 Å². The summed E-state index contributed by atoms with van der Waals surface area (Å²) in [5, 5.41) is 13.1. The van der Waals surface area contributed by atoms with Gasteiger partial charge in [-0.25, -0.2) is 4.68 Å². The summed E-state index contributed by atoms with van der Waals surface area (Å²) < 4.78 is 1.61. The zero-order valence-corrected chi connectivity index (χ0v) is 16.7. The second kappa shape index (κ2) is 7.85. The average Bonchev–Trinajstić information content (AvgIpc) is 3.52. The number of benzene rings is 1. The van der Waals surface area contributed by atoms with Crippen LogP contribution in [-0.2, 0) is 6.54 Å². The highest BCUT2D eigenvalue weighted by molar-refractivity contribution is 5.92. The third-order valence-corrected chi connectivity index (χ3v) is 5.91. The highest BCUT2D eigenvalue weighted by atomic mass is 16.2. The third kappa shape index (κ3) is 3.90. The molecule has 3 aromatic rings. The van der Waals surface area contributed by atoms with Gasteiger partial charge in [-0.15, -0.1) is 5.10 Å². The van der Waals surface area contributed by atoms with E-state index >= 15 is 0 Å². The van der Waals surface area contributed by atoms with Crippen LogP contribution in [0.1, 0.15) is 47.8 Å². The van der Waals surface area contributed by atoms with Crippen molar-refractivity contribution in [2.45, 2.75) is 38.1 Å². The van der Waals surface area contributed by atoms with Gasteiger partial charge in [0.05, 0.1) is 17.6 Å². The Bertz CT molecular complexity index is 1090. The Morgan fingerprint density at radius 3 is 2.47 bits per heavy atom. The smallest absolute Gasteiger partial charge is 0.276 e. The molecule has 1 aliphatic heterocycles. The van der Waals surface area contributed by atoms with E-state index in [1.54, 1.807) is 10.7 Å². The summed E-state index contributed by atoms with van der Waals surface area (Å²) in [7, 11) is 0. The Labute approximate surface area is 174 Å². The molecule has 30 heavy (non-hydrogen) atoms. The fraction of sp³-hybridized carbons (Fsp3) is 0.409. The molecule has 154 valence electrons. The molecule has 0 bridgehead atoms. The van der Waals surface area contributed by atoms with E-state index in [0.29, 0.717) is 37.2 Å². The van der Waals surface area contributed by atoms with Gasteiger partial charge in [0, 0.05) is 31.6 Å². The molecule has 8 nitrogen and oxygen atoms in total. The summed E-state index contributed by atoms with van der Waals surface area (Å²) in [4.78, 5) is 28.3. The number of rotatable bonds is 5. The van der Waals surface area contributed by atoms with E-state index in [-0.39, 0.29) is 11.5 Å². The number of carbonyl (C=O) groups excluding carboxylic acids is 1. The number of amides is 1. The maximum atomic E-state index is 12.8. The summed E-state index contributed by atoms with van der Waals surface area (Å²) in [6.07, 6.45) is 5.55. The van der Waals surface area contributed by atoms with Gasteiger partial charge in [0.15, 0.2) is 5.69 Å². The summed E-state index contributed by atoms with van der Waals surface area (Å²) in [6, 6.07) is 13.0. The van der Waals surface area contributed by atoms with Gasteiger partial charge < -0.3 is 4.90 Å². The summed E-state index contributed by atoms with van der Waals surface area (Å²) >= 11 is 0. The zero-order valence-electron chi connectivity index (χ0n) is 16.7. The minimum Gasteiger partial charge on any atom is -0.337 e. The molecule has 2 fully saturated rings. The molecule has 2 aliphatic rings. The maximum Gasteiger partial charge on any atom is 0.276 e. The van der Waals surface area contributed by atoms with Crippen molar-refractivity contribution in [1.82, 2.24) is 29.7 Å². The largest absolute Gasteiger partial charge is 0.337 e. The minimum absolute atomic E-state index is 0.0459. The van der Waals surface area contributed by atoms with Crippen molar-refractivity contribution in [2.75, 3.05) is 13.1 Å². The van der Waals surface area contributed by atoms with Crippen LogP contribution >= 0.6 is 0 Å². The van der Waals surface area contributed by atoms with Crippen molar-refractivity contribution >= 4 is 5.91 Å². The Morgan fingerprint density at radius 1 is 0.967 bits per heavy atom. The van der Waals surface area contributed by atoms with E-state index in [1.807, 2.05) is 41.3 Å². The van der Waals surface area contributed by atoms with Crippen molar-refractivity contribution in [2.24, 2.45) is 5.92 Å². The molecule has 1 saturated carbocycles. The van der Waals surface area contributed by atoms with Crippen LogP contribution in [0.25, 0.3) is 5.69 Å². The summed E-state index contributed by atoms with van der Waals surface area (Å²) in [5.74, 6) is 0.774. The molecule has 3 heterocycles. The van der Waals surface area contributed by atoms with Crippen molar-refractivity contribution in [3.05, 3.63) is 70.4 Å². The van der Waals surface area contributed by atoms with E-state index < -0.39 is 0 Å². The molecule has 8 heteroatoms. The van der Waals surface area contributed by atoms with Crippen molar-refractivity contribution in [3.63, 3.8) is 0 Å². The molecule has 2 aromatic heterocycles. The lowest BCUT2D eigenvalue weighted by Crippen LogP contribution is -2.40. The minimum atomic E-state index is -0.0957. The van der Waals surface area contributed by atoms with Gasteiger partial charge >= 0.3 is 0 Å². The fourth-order valence-corrected chi connectivity index (χ4v) is 3.96. The highest BCUT2D eigenvalue weighted by Crippen LogP contribution is 2.38. The maximum absolute atomic E-state index is 12.8. The lowest BCUT2D eigenvalue weighted by molar-refractivity contribution is 0.0674. The molecule has 1 amide bonds. The van der Waals surface area contributed by atoms with E-state index in [0.717, 1.165) is 24.2 Å². The number of likely N-dealkylation sites (tertiary alicyclic amines) is 1.